The minimum Gasteiger partial charge on any atom is -0.500 e. The highest BCUT2D eigenvalue weighted by molar-refractivity contribution is 5.61. The number of rotatable bonds is 5. The molecule has 0 radical (unpaired) electrons. The van der Waals surface area contributed by atoms with E-state index >= 15 is 0 Å². The molecule has 144 valence electrons. The molecule has 1 aliphatic heterocycles. The van der Waals surface area contributed by atoms with Gasteiger partial charge in [-0.2, -0.15) is 15.8 Å². The summed E-state index contributed by atoms with van der Waals surface area (Å²) in [5.74, 6) is 1.28. The summed E-state index contributed by atoms with van der Waals surface area (Å²) < 4.78 is 22.1. The molecule has 1 atom stereocenters. The van der Waals surface area contributed by atoms with Crippen LogP contribution in [0.25, 0.3) is 0 Å². The molecule has 0 aromatic carbocycles. The van der Waals surface area contributed by atoms with Gasteiger partial charge in [0.05, 0.1) is 25.9 Å². The zero-order chi connectivity index (χ0) is 20.9. The maximum absolute atomic E-state index is 9.61. The van der Waals surface area contributed by atoms with Crippen LogP contribution in [0.4, 0.5) is 0 Å². The minimum atomic E-state index is -0.885. The lowest BCUT2D eigenvalue weighted by Gasteiger charge is -2.24. The van der Waals surface area contributed by atoms with Gasteiger partial charge in [-0.1, -0.05) is 6.08 Å². The van der Waals surface area contributed by atoms with Gasteiger partial charge in [0, 0.05) is 19.1 Å². The Balaban J connectivity index is 2.59. The molecule has 0 aromatic rings. The third-order valence-corrected chi connectivity index (χ3v) is 4.54. The second kappa shape index (κ2) is 8.48. The standard InChI is InChI=1S/C21H21N3O4/c1-21(2)17(16(12-24)20(28-21)13(10-22)11-23)7-6-15-18(26-4)8-14(25-3)9-19(15)27-5/h6-8,14H,9H2,1-5H3/b7-6+. The molecule has 1 heterocycles. The van der Waals surface area contributed by atoms with Crippen molar-refractivity contribution in [2.24, 2.45) is 0 Å². The third kappa shape index (κ3) is 3.78. The largest absolute Gasteiger partial charge is 0.500 e. The summed E-state index contributed by atoms with van der Waals surface area (Å²) in [6.45, 7) is 3.54. The number of ether oxygens (including phenoxy) is 4. The number of hydrogen-bond acceptors (Lipinski definition) is 7. The summed E-state index contributed by atoms with van der Waals surface area (Å²) in [6, 6.07) is 5.61. The third-order valence-electron chi connectivity index (χ3n) is 4.54. The first-order chi connectivity index (χ1) is 13.4. The molecule has 2 aliphatic rings. The van der Waals surface area contributed by atoms with E-state index < -0.39 is 5.60 Å². The predicted octanol–water partition coefficient (Wildman–Crippen LogP) is 3.32. The fourth-order valence-electron chi connectivity index (χ4n) is 3.09. The van der Waals surface area contributed by atoms with Gasteiger partial charge < -0.3 is 18.9 Å². The molecular formula is C21H21N3O4. The maximum atomic E-state index is 9.61. The molecule has 1 aliphatic carbocycles. The summed E-state index contributed by atoms with van der Waals surface area (Å²) in [6.07, 6.45) is 5.74. The van der Waals surface area contributed by atoms with Crippen LogP contribution >= 0.6 is 0 Å². The second-order valence-corrected chi connectivity index (χ2v) is 6.53. The second-order valence-electron chi connectivity index (χ2n) is 6.53. The normalized spacial score (nSPS) is 20.9. The van der Waals surface area contributed by atoms with Gasteiger partial charge in [-0.15, -0.1) is 0 Å². The zero-order valence-corrected chi connectivity index (χ0v) is 16.5. The minimum absolute atomic E-state index is 0.00342. The Morgan fingerprint density at radius 3 is 2.32 bits per heavy atom. The van der Waals surface area contributed by atoms with E-state index in [4.69, 9.17) is 29.5 Å². The molecule has 0 spiro atoms. The van der Waals surface area contributed by atoms with E-state index in [1.165, 1.54) is 0 Å². The number of hydrogen-bond donors (Lipinski definition) is 0. The zero-order valence-electron chi connectivity index (χ0n) is 16.5. The molecular weight excluding hydrogens is 358 g/mol. The van der Waals surface area contributed by atoms with Crippen molar-refractivity contribution in [3.63, 3.8) is 0 Å². The molecule has 0 amide bonds. The molecule has 1 unspecified atom stereocenters. The van der Waals surface area contributed by atoms with E-state index in [0.717, 1.165) is 5.57 Å². The van der Waals surface area contributed by atoms with Crippen LogP contribution < -0.4 is 0 Å². The van der Waals surface area contributed by atoms with Crippen molar-refractivity contribution in [1.29, 1.82) is 15.8 Å². The van der Waals surface area contributed by atoms with Gasteiger partial charge in [0.15, 0.2) is 11.3 Å². The van der Waals surface area contributed by atoms with Gasteiger partial charge in [-0.05, 0) is 26.0 Å². The Bertz CT molecular complexity index is 928. The lowest BCUT2D eigenvalue weighted by Crippen LogP contribution is -2.21. The van der Waals surface area contributed by atoms with Crippen LogP contribution in [0.1, 0.15) is 20.3 Å². The van der Waals surface area contributed by atoms with Gasteiger partial charge in [-0.3, -0.25) is 0 Å². The average molecular weight is 379 g/mol. The average Bonchev–Trinajstić information content (AvgIpc) is 2.96. The number of methoxy groups -OCH3 is 3. The first-order valence-corrected chi connectivity index (χ1v) is 8.49. The summed E-state index contributed by atoms with van der Waals surface area (Å²) in [7, 11) is 4.74. The number of allylic oxidation sites excluding steroid dienone is 3. The van der Waals surface area contributed by atoms with Gasteiger partial charge in [0.1, 0.15) is 40.9 Å². The van der Waals surface area contributed by atoms with Crippen LogP contribution in [-0.2, 0) is 18.9 Å². The van der Waals surface area contributed by atoms with Crippen molar-refractivity contribution in [1.82, 2.24) is 0 Å². The molecule has 7 heteroatoms. The van der Waals surface area contributed by atoms with Crippen LogP contribution in [-0.4, -0.2) is 33.0 Å². The van der Waals surface area contributed by atoms with Crippen molar-refractivity contribution in [2.75, 3.05) is 21.3 Å². The van der Waals surface area contributed by atoms with Crippen molar-refractivity contribution in [3.05, 3.63) is 57.8 Å². The van der Waals surface area contributed by atoms with E-state index in [-0.39, 0.29) is 23.0 Å². The molecule has 0 saturated carbocycles. The fraction of sp³-hybridized carbons (Fsp3) is 0.381. The molecule has 2 rings (SSSR count). The molecule has 28 heavy (non-hydrogen) atoms. The number of nitrogens with zero attached hydrogens (tertiary/aromatic N) is 3. The van der Waals surface area contributed by atoms with Crippen molar-refractivity contribution < 1.29 is 18.9 Å². The van der Waals surface area contributed by atoms with E-state index in [1.807, 2.05) is 6.08 Å². The lowest BCUT2D eigenvalue weighted by molar-refractivity contribution is 0.0953. The first-order valence-electron chi connectivity index (χ1n) is 8.49. The van der Waals surface area contributed by atoms with Crippen molar-refractivity contribution in [3.8, 4) is 18.2 Å². The van der Waals surface area contributed by atoms with E-state index in [1.54, 1.807) is 59.5 Å². The Morgan fingerprint density at radius 2 is 1.82 bits per heavy atom. The van der Waals surface area contributed by atoms with Crippen LogP contribution in [0, 0.1) is 34.0 Å². The maximum Gasteiger partial charge on any atom is 0.172 e. The van der Waals surface area contributed by atoms with Crippen LogP contribution in [0.2, 0.25) is 0 Å². The molecule has 0 saturated heterocycles. The Morgan fingerprint density at radius 1 is 1.14 bits per heavy atom. The predicted molar refractivity (Wildman–Crippen MR) is 99.7 cm³/mol. The van der Waals surface area contributed by atoms with Gasteiger partial charge in [-0.25, -0.2) is 0 Å². The van der Waals surface area contributed by atoms with E-state index in [2.05, 4.69) is 6.07 Å². The lowest BCUT2D eigenvalue weighted by atomic mass is 9.92. The SMILES string of the molecule is COC1=CC(OC)CC(OC)=C1/C=C/C1=C(C#N)C(=C(C#N)C#N)OC1(C)C. The quantitative estimate of drug-likeness (QED) is 0.674. The van der Waals surface area contributed by atoms with Crippen LogP contribution in [0.3, 0.4) is 0 Å². The summed E-state index contributed by atoms with van der Waals surface area (Å²) >= 11 is 0. The van der Waals surface area contributed by atoms with Gasteiger partial charge >= 0.3 is 0 Å². The Kier molecular flexibility index (Phi) is 6.31. The summed E-state index contributed by atoms with van der Waals surface area (Å²) in [5, 5.41) is 27.9. The smallest absolute Gasteiger partial charge is 0.172 e. The fourth-order valence-corrected chi connectivity index (χ4v) is 3.09. The Hall–Kier alpha value is -3.47. The monoisotopic (exact) mass is 379 g/mol. The highest BCUT2D eigenvalue weighted by Gasteiger charge is 2.38. The van der Waals surface area contributed by atoms with Gasteiger partial charge in [0.25, 0.3) is 0 Å². The topological polar surface area (TPSA) is 108 Å². The van der Waals surface area contributed by atoms with Crippen LogP contribution in [0.15, 0.2) is 57.8 Å². The molecule has 0 fully saturated rings. The summed E-state index contributed by atoms with van der Waals surface area (Å²) in [5.41, 5.74) is 0.317. The number of nitriles is 3. The van der Waals surface area contributed by atoms with Crippen molar-refractivity contribution >= 4 is 0 Å². The summed E-state index contributed by atoms with van der Waals surface area (Å²) in [4.78, 5) is 0. The Labute approximate surface area is 164 Å². The first kappa shape index (κ1) is 20.8. The van der Waals surface area contributed by atoms with Crippen molar-refractivity contribution in [2.45, 2.75) is 32.0 Å². The molecule has 0 N–H and O–H groups in total. The highest BCUT2D eigenvalue weighted by Crippen LogP contribution is 2.40. The highest BCUT2D eigenvalue weighted by atomic mass is 16.5. The van der Waals surface area contributed by atoms with E-state index in [0.29, 0.717) is 23.5 Å². The van der Waals surface area contributed by atoms with Gasteiger partial charge in [0.2, 0.25) is 0 Å². The van der Waals surface area contributed by atoms with Crippen LogP contribution in [0.5, 0.6) is 0 Å². The molecule has 7 nitrogen and oxygen atoms in total. The molecule has 0 aromatic heterocycles. The molecule has 0 bridgehead atoms. The van der Waals surface area contributed by atoms with E-state index in [9.17, 15) is 5.26 Å².